The summed E-state index contributed by atoms with van der Waals surface area (Å²) in [5.74, 6) is 0. The third-order valence-corrected chi connectivity index (χ3v) is 1.92. The molecule has 0 amide bonds. The first-order valence-electron chi connectivity index (χ1n) is 3.76. The quantitative estimate of drug-likeness (QED) is 0.570. The van der Waals surface area contributed by atoms with Gasteiger partial charge in [-0.1, -0.05) is 0 Å². The van der Waals surface area contributed by atoms with Crippen LogP contribution >= 0.6 is 0 Å². The van der Waals surface area contributed by atoms with E-state index in [1.165, 1.54) is 0 Å². The summed E-state index contributed by atoms with van der Waals surface area (Å²) in [4.78, 5) is 0. The number of likely N-dealkylation sites (N-methyl/N-ethyl adjacent to an activating group) is 1. The third-order valence-electron chi connectivity index (χ3n) is 1.92. The van der Waals surface area contributed by atoms with Crippen molar-refractivity contribution < 1.29 is 4.74 Å². The van der Waals surface area contributed by atoms with Crippen LogP contribution in [0.2, 0.25) is 0 Å². The normalized spacial score (nSPS) is 30.0. The predicted molar refractivity (Wildman–Crippen MR) is 40.1 cm³/mol. The van der Waals surface area contributed by atoms with Crippen molar-refractivity contribution in [2.45, 2.75) is 19.0 Å². The molecule has 1 saturated heterocycles. The van der Waals surface area contributed by atoms with Gasteiger partial charge in [-0.3, -0.25) is 0 Å². The lowest BCUT2D eigenvalue weighted by atomic mass is 10.1. The van der Waals surface area contributed by atoms with Gasteiger partial charge in [0.25, 0.3) is 0 Å². The Morgan fingerprint density at radius 3 is 3.00 bits per heavy atom. The molecule has 0 aromatic rings. The number of ether oxygens (including phenoxy) is 1. The Hall–Kier alpha value is -0.120. The van der Waals surface area contributed by atoms with Gasteiger partial charge in [0, 0.05) is 12.6 Å². The van der Waals surface area contributed by atoms with Crippen LogP contribution in [0.5, 0.6) is 0 Å². The molecule has 10 heavy (non-hydrogen) atoms. The minimum Gasteiger partial charge on any atom is -0.378 e. The first-order valence-corrected chi connectivity index (χ1v) is 3.76. The van der Waals surface area contributed by atoms with Gasteiger partial charge in [-0.05, 0) is 14.0 Å². The molecule has 3 heteroatoms. The molecule has 1 aliphatic heterocycles. The summed E-state index contributed by atoms with van der Waals surface area (Å²) in [6.45, 7) is 4.56. The van der Waals surface area contributed by atoms with Crippen molar-refractivity contribution in [3.63, 3.8) is 0 Å². The summed E-state index contributed by atoms with van der Waals surface area (Å²) in [7, 11) is 1.95. The zero-order chi connectivity index (χ0) is 7.40. The lowest BCUT2D eigenvalue weighted by Crippen LogP contribution is -2.48. The highest BCUT2D eigenvalue weighted by atomic mass is 16.5. The monoisotopic (exact) mass is 143 g/mol. The first kappa shape index (κ1) is 7.98. The van der Waals surface area contributed by atoms with Gasteiger partial charge in [0.1, 0.15) is 0 Å². The summed E-state index contributed by atoms with van der Waals surface area (Å²) in [6.07, 6.45) is 0. The largest absolute Gasteiger partial charge is 0.378 e. The Kier molecular flexibility index (Phi) is 3.12. The Morgan fingerprint density at radius 2 is 2.50 bits per heavy atom. The van der Waals surface area contributed by atoms with E-state index in [-0.39, 0.29) is 0 Å². The minimum atomic E-state index is 0.360. The molecule has 1 heterocycles. The second kappa shape index (κ2) is 3.91. The minimum absolute atomic E-state index is 0.360. The summed E-state index contributed by atoms with van der Waals surface area (Å²) in [5.41, 5.74) is 0. The molecule has 3 nitrogen and oxygen atoms in total. The second-order valence-electron chi connectivity index (χ2n) is 2.63. The van der Waals surface area contributed by atoms with Crippen LogP contribution in [0, 0.1) is 0 Å². The molecule has 0 aliphatic carbocycles. The van der Waals surface area contributed by atoms with E-state index in [0.29, 0.717) is 12.1 Å². The maximum atomic E-state index is 5.27. The first-order chi connectivity index (χ1) is 4.84. The number of hydrogen-bond acceptors (Lipinski definition) is 2. The number of nitrogens with one attached hydrogen (secondary N) is 1. The zero-order valence-corrected chi connectivity index (χ0v) is 6.63. The highest BCUT2D eigenvalue weighted by Gasteiger charge is 2.19. The standard InChI is InChI=1S/C7H15N2O/c1-6(8-2)7-5-10-4-3-9-7/h6-8H,3-5H2,1-2H3. The third kappa shape index (κ3) is 1.94. The van der Waals surface area contributed by atoms with Crippen molar-refractivity contribution in [1.29, 1.82) is 0 Å². The van der Waals surface area contributed by atoms with Crippen molar-refractivity contribution in [2.75, 3.05) is 26.8 Å². The zero-order valence-electron chi connectivity index (χ0n) is 6.63. The topological polar surface area (TPSA) is 35.4 Å². The van der Waals surface area contributed by atoms with Crippen molar-refractivity contribution in [3.8, 4) is 0 Å². The maximum Gasteiger partial charge on any atom is 0.0651 e. The average molecular weight is 143 g/mol. The molecule has 0 aromatic heterocycles. The molecular formula is C7H15N2O. The molecule has 1 radical (unpaired) electrons. The average Bonchev–Trinajstić information content (AvgIpc) is 2.05. The van der Waals surface area contributed by atoms with E-state index >= 15 is 0 Å². The van der Waals surface area contributed by atoms with Crippen LogP contribution in [-0.2, 0) is 4.74 Å². The summed E-state index contributed by atoms with van der Waals surface area (Å²) >= 11 is 0. The van der Waals surface area contributed by atoms with Gasteiger partial charge in [0.15, 0.2) is 0 Å². The van der Waals surface area contributed by atoms with Crippen LogP contribution in [-0.4, -0.2) is 38.9 Å². The number of morpholine rings is 1. The van der Waals surface area contributed by atoms with Gasteiger partial charge < -0.3 is 10.1 Å². The van der Waals surface area contributed by atoms with Crippen molar-refractivity contribution in [3.05, 3.63) is 0 Å². The molecule has 1 aliphatic rings. The van der Waals surface area contributed by atoms with Crippen LogP contribution in [0.4, 0.5) is 0 Å². The highest BCUT2D eigenvalue weighted by Crippen LogP contribution is 1.99. The fourth-order valence-electron chi connectivity index (χ4n) is 1.03. The van der Waals surface area contributed by atoms with Gasteiger partial charge in [0.2, 0.25) is 0 Å². The van der Waals surface area contributed by atoms with Gasteiger partial charge >= 0.3 is 0 Å². The summed E-state index contributed by atoms with van der Waals surface area (Å²) < 4.78 is 5.27. The Balaban J connectivity index is 2.24. The van der Waals surface area contributed by atoms with E-state index in [2.05, 4.69) is 17.6 Å². The van der Waals surface area contributed by atoms with Crippen LogP contribution in [0.25, 0.3) is 0 Å². The molecule has 59 valence electrons. The summed E-state index contributed by atoms with van der Waals surface area (Å²) in [5, 5.41) is 7.57. The van der Waals surface area contributed by atoms with E-state index < -0.39 is 0 Å². The molecule has 1 fully saturated rings. The molecule has 2 unspecified atom stereocenters. The Labute approximate surface area is 62.1 Å². The highest BCUT2D eigenvalue weighted by molar-refractivity contribution is 4.78. The molecule has 0 saturated carbocycles. The fraction of sp³-hybridized carbons (Fsp3) is 1.00. The van der Waals surface area contributed by atoms with Crippen LogP contribution in [0.1, 0.15) is 6.92 Å². The number of nitrogens with zero attached hydrogens (tertiary/aromatic N) is 1. The van der Waals surface area contributed by atoms with E-state index in [1.807, 2.05) is 7.05 Å². The van der Waals surface area contributed by atoms with Crippen molar-refractivity contribution in [2.24, 2.45) is 0 Å². The smallest absolute Gasteiger partial charge is 0.0651 e. The molecule has 0 spiro atoms. The van der Waals surface area contributed by atoms with E-state index in [1.54, 1.807) is 0 Å². The fourth-order valence-corrected chi connectivity index (χ4v) is 1.03. The summed E-state index contributed by atoms with van der Waals surface area (Å²) in [6, 6.07) is 0.805. The lowest BCUT2D eigenvalue weighted by Gasteiger charge is -2.26. The lowest BCUT2D eigenvalue weighted by molar-refractivity contribution is 0.0645. The molecule has 1 N–H and O–H groups in total. The molecule has 1 rings (SSSR count). The van der Waals surface area contributed by atoms with Gasteiger partial charge in [-0.15, -0.1) is 0 Å². The van der Waals surface area contributed by atoms with Gasteiger partial charge in [0.05, 0.1) is 19.3 Å². The van der Waals surface area contributed by atoms with Gasteiger partial charge in [-0.25, -0.2) is 5.32 Å². The molecular weight excluding hydrogens is 128 g/mol. The van der Waals surface area contributed by atoms with Crippen LogP contribution in [0.3, 0.4) is 0 Å². The number of rotatable bonds is 2. The predicted octanol–water partition coefficient (Wildman–Crippen LogP) is -0.402. The molecule has 0 aromatic carbocycles. The maximum absolute atomic E-state index is 5.27. The van der Waals surface area contributed by atoms with E-state index in [9.17, 15) is 0 Å². The second-order valence-corrected chi connectivity index (χ2v) is 2.63. The Morgan fingerprint density at radius 1 is 1.70 bits per heavy atom. The van der Waals surface area contributed by atoms with E-state index in [0.717, 1.165) is 19.8 Å². The van der Waals surface area contributed by atoms with Crippen molar-refractivity contribution in [1.82, 2.24) is 10.6 Å². The Bertz CT molecular complexity index is 91.6. The van der Waals surface area contributed by atoms with Crippen LogP contribution < -0.4 is 10.6 Å². The van der Waals surface area contributed by atoms with Gasteiger partial charge in [-0.2, -0.15) is 0 Å². The number of hydrogen-bond donors (Lipinski definition) is 1. The van der Waals surface area contributed by atoms with Crippen LogP contribution in [0.15, 0.2) is 0 Å². The SMILES string of the molecule is CNC(C)C1COCC[N]1. The van der Waals surface area contributed by atoms with E-state index in [4.69, 9.17) is 4.74 Å². The molecule has 0 bridgehead atoms. The molecule has 2 atom stereocenters. The van der Waals surface area contributed by atoms with Crippen molar-refractivity contribution >= 4 is 0 Å².